The van der Waals surface area contributed by atoms with Crippen molar-refractivity contribution in [3.63, 3.8) is 0 Å². The number of carbonyl (C=O) groups excluding carboxylic acids is 1. The fraction of sp³-hybridized carbons (Fsp3) is 0.150. The molecule has 3 N–H and O–H groups in total. The number of aryl methyl sites for hydroxylation is 2. The van der Waals surface area contributed by atoms with E-state index in [9.17, 15) is 4.79 Å². The Morgan fingerprint density at radius 3 is 2.62 bits per heavy atom. The van der Waals surface area contributed by atoms with Crippen LogP contribution in [0.5, 0.6) is 11.6 Å². The molecule has 1 aromatic heterocycles. The summed E-state index contributed by atoms with van der Waals surface area (Å²) in [6, 6.07) is 12.9. The minimum absolute atomic E-state index is 0.0110. The monoisotopic (exact) mass is 348 g/mol. The van der Waals surface area contributed by atoms with Crippen LogP contribution >= 0.6 is 0 Å². The predicted octanol–water partition coefficient (Wildman–Crippen LogP) is 4.41. The maximum Gasteiger partial charge on any atom is 0.248 e. The van der Waals surface area contributed by atoms with E-state index in [1.165, 1.54) is 18.8 Å². The average Bonchev–Trinajstić information content (AvgIpc) is 2.62. The Balaban J connectivity index is 1.86. The van der Waals surface area contributed by atoms with E-state index in [2.05, 4.69) is 15.3 Å². The zero-order chi connectivity index (χ0) is 18.7. The summed E-state index contributed by atoms with van der Waals surface area (Å²) in [5.41, 5.74) is 10.1. The van der Waals surface area contributed by atoms with Crippen LogP contribution in [-0.2, 0) is 0 Å². The van der Waals surface area contributed by atoms with Gasteiger partial charge in [0.05, 0.1) is 0 Å². The van der Waals surface area contributed by atoms with Crippen molar-refractivity contribution >= 4 is 23.0 Å². The lowest BCUT2D eigenvalue weighted by Crippen LogP contribution is -2.04. The molecule has 0 amide bonds. The number of hydrogen-bond donors (Lipinski definition) is 2. The van der Waals surface area contributed by atoms with E-state index in [1.54, 1.807) is 18.2 Å². The minimum atomic E-state index is -0.0110. The molecule has 132 valence electrons. The highest BCUT2D eigenvalue weighted by Gasteiger charge is 2.11. The van der Waals surface area contributed by atoms with Crippen molar-refractivity contribution in [3.8, 4) is 11.6 Å². The van der Waals surface area contributed by atoms with Crippen molar-refractivity contribution < 1.29 is 9.53 Å². The predicted molar refractivity (Wildman–Crippen MR) is 102 cm³/mol. The summed E-state index contributed by atoms with van der Waals surface area (Å²) in [5, 5.41) is 3.11. The highest BCUT2D eigenvalue weighted by Crippen LogP contribution is 2.31. The molecule has 6 heteroatoms. The average molecular weight is 348 g/mol. The topological polar surface area (TPSA) is 90.1 Å². The first-order valence-electron chi connectivity index (χ1n) is 8.17. The maximum atomic E-state index is 11.5. The minimum Gasteiger partial charge on any atom is -0.437 e. The molecule has 3 rings (SSSR count). The van der Waals surface area contributed by atoms with Gasteiger partial charge in [-0.1, -0.05) is 18.2 Å². The third-order valence-corrected chi connectivity index (χ3v) is 4.07. The van der Waals surface area contributed by atoms with Gasteiger partial charge in [-0.2, -0.15) is 4.98 Å². The lowest BCUT2D eigenvalue weighted by atomic mass is 10.1. The summed E-state index contributed by atoms with van der Waals surface area (Å²) in [6.07, 6.45) is 1.38. The van der Waals surface area contributed by atoms with Crippen LogP contribution in [0.1, 0.15) is 28.4 Å². The number of anilines is 3. The summed E-state index contributed by atoms with van der Waals surface area (Å²) < 4.78 is 5.82. The third kappa shape index (κ3) is 3.80. The molecule has 0 radical (unpaired) electrons. The van der Waals surface area contributed by atoms with E-state index in [0.717, 1.165) is 5.56 Å². The van der Waals surface area contributed by atoms with Crippen LogP contribution in [0, 0.1) is 13.8 Å². The SMILES string of the molecule is CC(=O)c1cccc(Nc2ncnc(Oc3ccc(C)c(C)c3)c2N)c1. The number of benzene rings is 2. The summed E-state index contributed by atoms with van der Waals surface area (Å²) in [6.45, 7) is 5.57. The molecule has 0 unspecified atom stereocenters. The lowest BCUT2D eigenvalue weighted by Gasteiger charge is -2.13. The van der Waals surface area contributed by atoms with Gasteiger partial charge in [0.25, 0.3) is 0 Å². The van der Waals surface area contributed by atoms with Gasteiger partial charge in [-0.15, -0.1) is 0 Å². The van der Waals surface area contributed by atoms with Gasteiger partial charge in [0, 0.05) is 11.3 Å². The highest BCUT2D eigenvalue weighted by molar-refractivity contribution is 5.95. The number of nitrogen functional groups attached to an aromatic ring is 1. The first-order chi connectivity index (χ1) is 12.4. The fourth-order valence-electron chi connectivity index (χ4n) is 2.40. The molecule has 3 aromatic rings. The van der Waals surface area contributed by atoms with Crippen LogP contribution in [0.4, 0.5) is 17.2 Å². The molecule has 0 aliphatic carbocycles. The number of hydrogen-bond acceptors (Lipinski definition) is 6. The molecule has 0 aliphatic heterocycles. The number of nitrogens with one attached hydrogen (secondary N) is 1. The fourth-order valence-corrected chi connectivity index (χ4v) is 2.40. The van der Waals surface area contributed by atoms with E-state index in [0.29, 0.717) is 28.5 Å². The van der Waals surface area contributed by atoms with Crippen LogP contribution in [-0.4, -0.2) is 15.8 Å². The van der Waals surface area contributed by atoms with Gasteiger partial charge in [0.1, 0.15) is 17.8 Å². The van der Waals surface area contributed by atoms with Gasteiger partial charge in [-0.3, -0.25) is 4.79 Å². The molecule has 0 fully saturated rings. The third-order valence-electron chi connectivity index (χ3n) is 4.07. The Labute approximate surface area is 152 Å². The molecule has 1 heterocycles. The quantitative estimate of drug-likeness (QED) is 0.664. The smallest absolute Gasteiger partial charge is 0.248 e. The van der Waals surface area contributed by atoms with Crippen LogP contribution in [0.3, 0.4) is 0 Å². The molecule has 0 saturated carbocycles. The highest BCUT2D eigenvalue weighted by atomic mass is 16.5. The largest absolute Gasteiger partial charge is 0.437 e. The molecule has 2 aromatic carbocycles. The lowest BCUT2D eigenvalue weighted by molar-refractivity contribution is 0.101. The number of aromatic nitrogens is 2. The van der Waals surface area contributed by atoms with Crippen molar-refractivity contribution in [1.82, 2.24) is 9.97 Å². The summed E-state index contributed by atoms with van der Waals surface area (Å²) >= 11 is 0. The van der Waals surface area contributed by atoms with Crippen LogP contribution in [0.15, 0.2) is 48.8 Å². The number of carbonyl (C=O) groups is 1. The number of nitrogens with zero attached hydrogens (tertiary/aromatic N) is 2. The standard InChI is InChI=1S/C20H20N4O2/c1-12-7-8-17(9-13(12)2)26-20-18(21)19(22-11-23-20)24-16-6-4-5-15(10-16)14(3)25/h4-11H,21H2,1-3H3,(H,22,23,24). The summed E-state index contributed by atoms with van der Waals surface area (Å²) in [4.78, 5) is 19.8. The van der Waals surface area contributed by atoms with E-state index in [1.807, 2.05) is 38.1 Å². The van der Waals surface area contributed by atoms with Gasteiger partial charge in [0.2, 0.25) is 5.88 Å². The first-order valence-corrected chi connectivity index (χ1v) is 8.17. The van der Waals surface area contributed by atoms with Crippen molar-refractivity contribution in [2.75, 3.05) is 11.1 Å². The number of ketones is 1. The van der Waals surface area contributed by atoms with Crippen molar-refractivity contribution in [2.24, 2.45) is 0 Å². The number of nitrogens with two attached hydrogens (primary N) is 1. The summed E-state index contributed by atoms with van der Waals surface area (Å²) in [5.74, 6) is 1.33. The van der Waals surface area contributed by atoms with Crippen molar-refractivity contribution in [3.05, 3.63) is 65.5 Å². The molecule has 6 nitrogen and oxygen atoms in total. The number of Topliss-reactive ketones (excluding diaryl/α,β-unsaturated/α-hetero) is 1. The van der Waals surface area contributed by atoms with Crippen molar-refractivity contribution in [1.29, 1.82) is 0 Å². The molecule has 0 saturated heterocycles. The van der Waals surface area contributed by atoms with Gasteiger partial charge in [0.15, 0.2) is 11.6 Å². The van der Waals surface area contributed by atoms with E-state index in [4.69, 9.17) is 10.5 Å². The zero-order valence-electron chi connectivity index (χ0n) is 14.9. The second kappa shape index (κ2) is 7.23. The zero-order valence-corrected chi connectivity index (χ0v) is 14.9. The van der Waals surface area contributed by atoms with Gasteiger partial charge in [-0.05, 0) is 56.2 Å². The molecule has 0 atom stereocenters. The van der Waals surface area contributed by atoms with Crippen LogP contribution in [0.2, 0.25) is 0 Å². The van der Waals surface area contributed by atoms with E-state index in [-0.39, 0.29) is 11.7 Å². The normalized spacial score (nSPS) is 10.4. The van der Waals surface area contributed by atoms with Gasteiger partial charge >= 0.3 is 0 Å². The van der Waals surface area contributed by atoms with Crippen molar-refractivity contribution in [2.45, 2.75) is 20.8 Å². The molecule has 0 bridgehead atoms. The van der Waals surface area contributed by atoms with Crippen LogP contribution < -0.4 is 15.8 Å². The Hall–Kier alpha value is -3.41. The second-order valence-corrected chi connectivity index (χ2v) is 6.05. The van der Waals surface area contributed by atoms with E-state index >= 15 is 0 Å². The van der Waals surface area contributed by atoms with E-state index < -0.39 is 0 Å². The van der Waals surface area contributed by atoms with Crippen LogP contribution in [0.25, 0.3) is 0 Å². The Kier molecular flexibility index (Phi) is 4.84. The van der Waals surface area contributed by atoms with Gasteiger partial charge in [-0.25, -0.2) is 4.98 Å². The Bertz CT molecular complexity index is 970. The summed E-state index contributed by atoms with van der Waals surface area (Å²) in [7, 11) is 0. The number of rotatable bonds is 5. The van der Waals surface area contributed by atoms with Gasteiger partial charge < -0.3 is 15.8 Å². The maximum absolute atomic E-state index is 11.5. The number of ether oxygens (including phenoxy) is 1. The Morgan fingerprint density at radius 2 is 1.88 bits per heavy atom. The first kappa shape index (κ1) is 17.4. The Morgan fingerprint density at radius 1 is 1.08 bits per heavy atom. The molecular formula is C20H20N4O2. The second-order valence-electron chi connectivity index (χ2n) is 6.05. The molecule has 0 spiro atoms. The molecule has 0 aliphatic rings. The molecular weight excluding hydrogens is 328 g/mol. The molecule has 26 heavy (non-hydrogen) atoms.